The topological polar surface area (TPSA) is 110 Å². The molecule has 1 aromatic heterocycles. The molecular weight excluding hydrogens is 384 g/mol. The van der Waals surface area contributed by atoms with Gasteiger partial charge in [0.05, 0.1) is 17.6 Å². The highest BCUT2D eigenvalue weighted by Crippen LogP contribution is 2.30. The molecule has 0 saturated carbocycles. The molecule has 1 atom stereocenters. The van der Waals surface area contributed by atoms with Crippen LogP contribution in [0.1, 0.15) is 27.8 Å². The highest BCUT2D eigenvalue weighted by molar-refractivity contribution is 6.30. The van der Waals surface area contributed by atoms with Crippen molar-refractivity contribution in [1.29, 1.82) is 0 Å². The number of anilines is 1. The Balaban J connectivity index is 1.93. The Morgan fingerprint density at radius 2 is 2.04 bits per heavy atom. The van der Waals surface area contributed by atoms with Crippen molar-refractivity contribution in [3.63, 3.8) is 0 Å². The molecule has 2 N–H and O–H groups in total. The zero-order valence-electron chi connectivity index (χ0n) is 14.9. The van der Waals surface area contributed by atoms with Crippen molar-refractivity contribution in [2.45, 2.75) is 6.04 Å². The number of nitrogens with zero attached hydrogens (tertiary/aromatic N) is 3. The van der Waals surface area contributed by atoms with E-state index in [1.54, 1.807) is 42.1 Å². The van der Waals surface area contributed by atoms with Crippen molar-refractivity contribution in [3.8, 4) is 0 Å². The number of imidazole rings is 1. The van der Waals surface area contributed by atoms with Crippen molar-refractivity contribution in [3.05, 3.63) is 86.9 Å². The minimum atomic E-state index is -0.577. The van der Waals surface area contributed by atoms with Crippen molar-refractivity contribution in [2.75, 3.05) is 11.9 Å². The third kappa shape index (κ3) is 4.03. The Morgan fingerprint density at radius 3 is 2.61 bits per heavy atom. The van der Waals surface area contributed by atoms with Crippen LogP contribution in [0.2, 0.25) is 5.02 Å². The summed E-state index contributed by atoms with van der Waals surface area (Å²) < 4.78 is 1.54. The molecule has 2 aromatic carbocycles. The average molecular weight is 401 g/mol. The second-order valence-corrected chi connectivity index (χ2v) is 6.55. The number of nitrogens with one attached hydrogen (secondary N) is 1. The number of rotatable bonds is 7. The molecule has 9 heteroatoms. The number of aromatic nitrogens is 2. The van der Waals surface area contributed by atoms with E-state index < -0.39 is 16.7 Å². The molecule has 0 aliphatic carbocycles. The molecule has 1 heterocycles. The van der Waals surface area contributed by atoms with Gasteiger partial charge in [-0.15, -0.1) is 0 Å². The molecule has 1 unspecified atom stereocenters. The number of benzene rings is 2. The lowest BCUT2D eigenvalue weighted by Gasteiger charge is -2.18. The van der Waals surface area contributed by atoms with Gasteiger partial charge in [0.1, 0.15) is 5.69 Å². The largest absolute Gasteiger partial charge is 0.394 e. The van der Waals surface area contributed by atoms with Gasteiger partial charge in [-0.05, 0) is 29.8 Å². The lowest BCUT2D eigenvalue weighted by molar-refractivity contribution is -0.384. The van der Waals surface area contributed by atoms with Crippen LogP contribution in [0.15, 0.2) is 54.9 Å². The molecule has 0 aliphatic heterocycles. The number of nitro groups is 1. The molecule has 0 amide bonds. The van der Waals surface area contributed by atoms with Crippen molar-refractivity contribution < 1.29 is 14.8 Å². The standard InChI is InChI=1S/C19H17ClN4O4/c1-23-9-8-21-19(23)18(26)13-4-7-15(17(10-13)24(27)28)22-16(11-25)12-2-5-14(20)6-3-12/h2-10,16,22,25H,11H2,1H3. The van der Waals surface area contributed by atoms with Gasteiger partial charge < -0.3 is 15.0 Å². The number of halogens is 1. The van der Waals surface area contributed by atoms with E-state index in [0.717, 1.165) is 5.56 Å². The van der Waals surface area contributed by atoms with E-state index in [-0.39, 0.29) is 29.4 Å². The first kappa shape index (κ1) is 19.5. The van der Waals surface area contributed by atoms with Gasteiger partial charge in [0.2, 0.25) is 5.78 Å². The lowest BCUT2D eigenvalue weighted by atomic mass is 10.1. The minimum absolute atomic E-state index is 0.151. The fourth-order valence-electron chi connectivity index (χ4n) is 2.78. The third-order valence-electron chi connectivity index (χ3n) is 4.27. The van der Waals surface area contributed by atoms with Crippen LogP contribution in [0.25, 0.3) is 0 Å². The number of hydrogen-bond donors (Lipinski definition) is 2. The molecule has 3 rings (SSSR count). The zero-order chi connectivity index (χ0) is 20.3. The molecule has 0 aliphatic rings. The van der Waals surface area contributed by atoms with Gasteiger partial charge in [-0.25, -0.2) is 4.98 Å². The Bertz CT molecular complexity index is 1020. The first-order chi connectivity index (χ1) is 13.4. The number of aryl methyl sites for hydroxylation is 1. The second-order valence-electron chi connectivity index (χ2n) is 6.11. The Labute approximate surface area is 165 Å². The number of hydrogen-bond acceptors (Lipinski definition) is 6. The first-order valence-corrected chi connectivity index (χ1v) is 8.72. The number of aliphatic hydroxyl groups is 1. The molecule has 0 bridgehead atoms. The quantitative estimate of drug-likeness (QED) is 0.357. The van der Waals surface area contributed by atoms with Gasteiger partial charge in [0.15, 0.2) is 5.82 Å². The number of carbonyl (C=O) groups is 1. The van der Waals surface area contributed by atoms with Crippen molar-refractivity contribution in [1.82, 2.24) is 9.55 Å². The summed E-state index contributed by atoms with van der Waals surface area (Å²) in [7, 11) is 1.67. The molecule has 8 nitrogen and oxygen atoms in total. The van der Waals surface area contributed by atoms with E-state index in [1.807, 2.05) is 0 Å². The van der Waals surface area contributed by atoms with Crippen LogP contribution in [0.4, 0.5) is 11.4 Å². The maximum atomic E-state index is 12.6. The fourth-order valence-corrected chi connectivity index (χ4v) is 2.90. The molecule has 3 aromatic rings. The first-order valence-electron chi connectivity index (χ1n) is 8.34. The van der Waals surface area contributed by atoms with Gasteiger partial charge in [-0.2, -0.15) is 0 Å². The maximum Gasteiger partial charge on any atom is 0.293 e. The van der Waals surface area contributed by atoms with E-state index in [1.165, 1.54) is 24.4 Å². The van der Waals surface area contributed by atoms with Gasteiger partial charge >= 0.3 is 0 Å². The predicted octanol–water partition coefficient (Wildman–Crippen LogP) is 3.36. The van der Waals surface area contributed by atoms with Crippen LogP contribution in [-0.4, -0.2) is 32.0 Å². The van der Waals surface area contributed by atoms with Gasteiger partial charge in [0.25, 0.3) is 5.69 Å². The summed E-state index contributed by atoms with van der Waals surface area (Å²) >= 11 is 5.88. The summed E-state index contributed by atoms with van der Waals surface area (Å²) in [4.78, 5) is 27.5. The van der Waals surface area contributed by atoms with Crippen LogP contribution in [-0.2, 0) is 7.05 Å². The smallest absolute Gasteiger partial charge is 0.293 e. The van der Waals surface area contributed by atoms with E-state index in [0.29, 0.717) is 5.02 Å². The Hall–Kier alpha value is -3.23. The van der Waals surface area contributed by atoms with E-state index in [9.17, 15) is 20.0 Å². The van der Waals surface area contributed by atoms with Crippen molar-refractivity contribution in [2.24, 2.45) is 7.05 Å². The maximum absolute atomic E-state index is 12.6. The number of carbonyl (C=O) groups excluding carboxylic acids is 1. The monoisotopic (exact) mass is 400 g/mol. The van der Waals surface area contributed by atoms with Gasteiger partial charge in [-0.1, -0.05) is 23.7 Å². The van der Waals surface area contributed by atoms with Gasteiger partial charge in [-0.3, -0.25) is 14.9 Å². The van der Waals surface area contributed by atoms with E-state index in [4.69, 9.17) is 11.6 Å². The molecular formula is C19H17ClN4O4. The number of aliphatic hydroxyl groups excluding tert-OH is 1. The highest BCUT2D eigenvalue weighted by Gasteiger charge is 2.22. The molecule has 0 spiro atoms. The number of nitro benzene ring substituents is 1. The zero-order valence-corrected chi connectivity index (χ0v) is 15.6. The number of ketones is 1. The molecule has 144 valence electrons. The van der Waals surface area contributed by atoms with Gasteiger partial charge in [0, 0.05) is 36.1 Å². The van der Waals surface area contributed by atoms with Crippen LogP contribution in [0.3, 0.4) is 0 Å². The summed E-state index contributed by atoms with van der Waals surface area (Å²) in [6.07, 6.45) is 3.10. The summed E-state index contributed by atoms with van der Waals surface area (Å²) in [5, 5.41) is 24.8. The Morgan fingerprint density at radius 1 is 1.32 bits per heavy atom. The van der Waals surface area contributed by atoms with E-state index in [2.05, 4.69) is 10.3 Å². The summed E-state index contributed by atoms with van der Waals surface area (Å²) in [5.41, 5.74) is 0.788. The normalized spacial score (nSPS) is 11.8. The third-order valence-corrected chi connectivity index (χ3v) is 4.52. The highest BCUT2D eigenvalue weighted by atomic mass is 35.5. The summed E-state index contributed by atoms with van der Waals surface area (Å²) in [6.45, 7) is -0.285. The van der Waals surface area contributed by atoms with Crippen LogP contribution in [0, 0.1) is 10.1 Å². The Kier molecular flexibility index (Phi) is 5.72. The molecule has 0 saturated heterocycles. The second kappa shape index (κ2) is 8.20. The van der Waals surface area contributed by atoms with Crippen LogP contribution in [0.5, 0.6) is 0 Å². The fraction of sp³-hybridized carbons (Fsp3) is 0.158. The molecule has 0 radical (unpaired) electrons. The summed E-state index contributed by atoms with van der Waals surface area (Å²) in [6, 6.07) is 10.4. The van der Waals surface area contributed by atoms with Crippen molar-refractivity contribution >= 4 is 28.8 Å². The van der Waals surface area contributed by atoms with E-state index >= 15 is 0 Å². The predicted molar refractivity (Wildman–Crippen MR) is 105 cm³/mol. The minimum Gasteiger partial charge on any atom is -0.394 e. The average Bonchev–Trinajstić information content (AvgIpc) is 3.12. The van der Waals surface area contributed by atoms with Crippen LogP contribution >= 0.6 is 11.6 Å². The van der Waals surface area contributed by atoms with Crippen LogP contribution < -0.4 is 5.32 Å². The molecule has 28 heavy (non-hydrogen) atoms. The molecule has 0 fully saturated rings. The lowest BCUT2D eigenvalue weighted by Crippen LogP contribution is -2.16. The SMILES string of the molecule is Cn1ccnc1C(=O)c1ccc(NC(CO)c2ccc(Cl)cc2)c([N+](=O)[O-])c1. The summed E-state index contributed by atoms with van der Waals surface area (Å²) in [5.74, 6) is -0.233.